The Bertz CT molecular complexity index is 431. The summed E-state index contributed by atoms with van der Waals surface area (Å²) in [6.07, 6.45) is 3.21. The second-order valence-electron chi connectivity index (χ2n) is 4.84. The third-order valence-corrected chi connectivity index (χ3v) is 3.96. The van der Waals surface area contributed by atoms with Gasteiger partial charge < -0.3 is 15.5 Å². The third kappa shape index (κ3) is 6.62. The molecule has 1 aromatic rings. The summed E-state index contributed by atoms with van der Waals surface area (Å²) in [5.41, 5.74) is 0. The molecule has 1 heterocycles. The number of amides is 1. The van der Waals surface area contributed by atoms with E-state index in [2.05, 4.69) is 27.4 Å². The Morgan fingerprint density at radius 3 is 2.71 bits per heavy atom. The van der Waals surface area contributed by atoms with Crippen molar-refractivity contribution in [3.63, 3.8) is 0 Å². The minimum atomic E-state index is 0.00875. The van der Waals surface area contributed by atoms with E-state index >= 15 is 0 Å². The van der Waals surface area contributed by atoms with E-state index in [4.69, 9.17) is 0 Å². The molecule has 21 heavy (non-hydrogen) atoms. The SMILES string of the molecule is CCCCN(C)C(=NC)NCCCNC(=O)c1cccs1. The first kappa shape index (κ1) is 17.5. The van der Waals surface area contributed by atoms with Gasteiger partial charge in [0.1, 0.15) is 0 Å². The summed E-state index contributed by atoms with van der Waals surface area (Å²) in [5, 5.41) is 8.14. The summed E-state index contributed by atoms with van der Waals surface area (Å²) in [6, 6.07) is 3.72. The van der Waals surface area contributed by atoms with E-state index in [1.54, 1.807) is 7.05 Å². The van der Waals surface area contributed by atoms with Crippen molar-refractivity contribution in [2.75, 3.05) is 33.7 Å². The molecule has 1 aromatic heterocycles. The van der Waals surface area contributed by atoms with Gasteiger partial charge in [-0.05, 0) is 24.3 Å². The van der Waals surface area contributed by atoms with Crippen LogP contribution in [0.3, 0.4) is 0 Å². The molecule has 0 atom stereocenters. The zero-order valence-electron chi connectivity index (χ0n) is 13.2. The Morgan fingerprint density at radius 2 is 2.10 bits per heavy atom. The van der Waals surface area contributed by atoms with Gasteiger partial charge in [-0.15, -0.1) is 11.3 Å². The average Bonchev–Trinajstić information content (AvgIpc) is 3.02. The van der Waals surface area contributed by atoms with E-state index in [9.17, 15) is 4.79 Å². The second kappa shape index (κ2) is 10.2. The Balaban J connectivity index is 2.16. The van der Waals surface area contributed by atoms with Gasteiger partial charge in [-0.1, -0.05) is 19.4 Å². The van der Waals surface area contributed by atoms with Crippen LogP contribution in [0.2, 0.25) is 0 Å². The van der Waals surface area contributed by atoms with Gasteiger partial charge in [-0.3, -0.25) is 9.79 Å². The maximum atomic E-state index is 11.7. The van der Waals surface area contributed by atoms with Gasteiger partial charge in [0.2, 0.25) is 0 Å². The Labute approximate surface area is 131 Å². The van der Waals surface area contributed by atoms with Crippen LogP contribution in [0.5, 0.6) is 0 Å². The molecule has 0 fully saturated rings. The minimum absolute atomic E-state index is 0.00875. The van der Waals surface area contributed by atoms with Crippen LogP contribution in [0.1, 0.15) is 35.9 Å². The van der Waals surface area contributed by atoms with Crippen LogP contribution in [-0.2, 0) is 0 Å². The van der Waals surface area contributed by atoms with Crippen molar-refractivity contribution < 1.29 is 4.79 Å². The molecule has 0 saturated heterocycles. The topological polar surface area (TPSA) is 56.7 Å². The molecule has 0 aliphatic rings. The molecular formula is C15H26N4OS. The quantitative estimate of drug-likeness (QED) is 0.439. The Kier molecular flexibility index (Phi) is 8.50. The zero-order valence-corrected chi connectivity index (χ0v) is 14.0. The van der Waals surface area contributed by atoms with Crippen molar-refractivity contribution in [2.45, 2.75) is 26.2 Å². The van der Waals surface area contributed by atoms with Gasteiger partial charge in [0.15, 0.2) is 5.96 Å². The summed E-state index contributed by atoms with van der Waals surface area (Å²) >= 11 is 1.46. The molecule has 2 N–H and O–H groups in total. The van der Waals surface area contributed by atoms with Crippen LogP contribution in [0.4, 0.5) is 0 Å². The van der Waals surface area contributed by atoms with Gasteiger partial charge >= 0.3 is 0 Å². The molecule has 0 radical (unpaired) electrons. The number of aliphatic imine (C=N–C) groups is 1. The van der Waals surface area contributed by atoms with Crippen LogP contribution < -0.4 is 10.6 Å². The number of carbonyl (C=O) groups excluding carboxylic acids is 1. The lowest BCUT2D eigenvalue weighted by Gasteiger charge is -2.21. The Morgan fingerprint density at radius 1 is 1.33 bits per heavy atom. The molecule has 0 aromatic carbocycles. The second-order valence-corrected chi connectivity index (χ2v) is 5.78. The van der Waals surface area contributed by atoms with Crippen LogP contribution in [0, 0.1) is 0 Å². The molecule has 118 valence electrons. The van der Waals surface area contributed by atoms with Crippen molar-refractivity contribution in [3.05, 3.63) is 22.4 Å². The zero-order chi connectivity index (χ0) is 15.5. The molecule has 1 rings (SSSR count). The first-order chi connectivity index (χ1) is 10.2. The minimum Gasteiger partial charge on any atom is -0.356 e. The first-order valence-electron chi connectivity index (χ1n) is 7.42. The predicted octanol–water partition coefficient (Wildman–Crippen LogP) is 2.18. The summed E-state index contributed by atoms with van der Waals surface area (Å²) in [7, 11) is 3.84. The van der Waals surface area contributed by atoms with Crippen molar-refractivity contribution in [2.24, 2.45) is 4.99 Å². The third-order valence-electron chi connectivity index (χ3n) is 3.09. The fourth-order valence-electron chi connectivity index (χ4n) is 1.87. The first-order valence-corrected chi connectivity index (χ1v) is 8.30. The number of unbranched alkanes of at least 4 members (excludes halogenated alkanes) is 1. The highest BCUT2D eigenvalue weighted by atomic mass is 32.1. The van der Waals surface area contributed by atoms with Gasteiger partial charge in [0.25, 0.3) is 5.91 Å². The van der Waals surface area contributed by atoms with E-state index < -0.39 is 0 Å². The summed E-state index contributed by atoms with van der Waals surface area (Å²) < 4.78 is 0. The van der Waals surface area contributed by atoms with Crippen LogP contribution >= 0.6 is 11.3 Å². The number of carbonyl (C=O) groups is 1. The number of nitrogens with zero attached hydrogens (tertiary/aromatic N) is 2. The highest BCUT2D eigenvalue weighted by molar-refractivity contribution is 7.12. The van der Waals surface area contributed by atoms with Crippen molar-refractivity contribution in [1.29, 1.82) is 0 Å². The largest absolute Gasteiger partial charge is 0.356 e. The van der Waals surface area contributed by atoms with Crippen molar-refractivity contribution in [1.82, 2.24) is 15.5 Å². The highest BCUT2D eigenvalue weighted by Gasteiger charge is 2.06. The number of hydrogen-bond donors (Lipinski definition) is 2. The lowest BCUT2D eigenvalue weighted by Crippen LogP contribution is -2.40. The summed E-state index contributed by atoms with van der Waals surface area (Å²) in [5.74, 6) is 0.919. The molecule has 0 saturated carbocycles. The summed E-state index contributed by atoms with van der Waals surface area (Å²) in [4.78, 5) is 18.9. The van der Waals surface area contributed by atoms with Gasteiger partial charge in [-0.2, -0.15) is 0 Å². The number of nitrogens with one attached hydrogen (secondary N) is 2. The smallest absolute Gasteiger partial charge is 0.261 e. The Hall–Kier alpha value is -1.56. The van der Waals surface area contributed by atoms with E-state index in [0.29, 0.717) is 6.54 Å². The average molecular weight is 310 g/mol. The number of hydrogen-bond acceptors (Lipinski definition) is 3. The number of rotatable bonds is 8. The fourth-order valence-corrected chi connectivity index (χ4v) is 2.51. The normalized spacial score (nSPS) is 11.3. The van der Waals surface area contributed by atoms with Gasteiger partial charge in [0, 0.05) is 33.7 Å². The monoisotopic (exact) mass is 310 g/mol. The standard InChI is InChI=1S/C15H26N4OS/c1-4-5-11-19(3)15(16-2)18-10-7-9-17-14(20)13-8-6-12-21-13/h6,8,12H,4-5,7,9-11H2,1-3H3,(H,16,18)(H,17,20). The number of guanidine groups is 1. The maximum Gasteiger partial charge on any atom is 0.261 e. The van der Waals surface area contributed by atoms with E-state index in [1.807, 2.05) is 24.6 Å². The highest BCUT2D eigenvalue weighted by Crippen LogP contribution is 2.07. The molecule has 1 amide bonds. The molecule has 0 bridgehead atoms. The lowest BCUT2D eigenvalue weighted by molar-refractivity contribution is 0.0957. The molecule has 0 aliphatic heterocycles. The molecular weight excluding hydrogens is 284 g/mol. The van der Waals surface area contributed by atoms with Crippen molar-refractivity contribution in [3.8, 4) is 0 Å². The van der Waals surface area contributed by atoms with Gasteiger partial charge in [0.05, 0.1) is 4.88 Å². The molecule has 5 nitrogen and oxygen atoms in total. The summed E-state index contributed by atoms with van der Waals surface area (Å²) in [6.45, 7) is 4.65. The molecule has 0 spiro atoms. The lowest BCUT2D eigenvalue weighted by atomic mass is 10.3. The number of thiophene rings is 1. The van der Waals surface area contributed by atoms with E-state index in [1.165, 1.54) is 17.8 Å². The van der Waals surface area contributed by atoms with Crippen molar-refractivity contribution >= 4 is 23.2 Å². The molecule has 0 unspecified atom stereocenters. The van der Waals surface area contributed by atoms with Crippen LogP contribution in [0.15, 0.2) is 22.5 Å². The fraction of sp³-hybridized carbons (Fsp3) is 0.600. The molecule has 0 aliphatic carbocycles. The van der Waals surface area contributed by atoms with Crippen LogP contribution in [0.25, 0.3) is 0 Å². The van der Waals surface area contributed by atoms with E-state index in [0.717, 1.165) is 36.8 Å². The van der Waals surface area contributed by atoms with Crippen LogP contribution in [-0.4, -0.2) is 50.5 Å². The predicted molar refractivity (Wildman–Crippen MR) is 90.2 cm³/mol. The van der Waals surface area contributed by atoms with E-state index in [-0.39, 0.29) is 5.91 Å². The molecule has 6 heteroatoms. The maximum absolute atomic E-state index is 11.7. The van der Waals surface area contributed by atoms with Gasteiger partial charge in [-0.25, -0.2) is 0 Å².